The minimum Gasteiger partial charge on any atom is -0.461 e. The van der Waals surface area contributed by atoms with E-state index in [1.807, 2.05) is 0 Å². The lowest BCUT2D eigenvalue weighted by Crippen LogP contribution is -2.13. The Kier molecular flexibility index (Phi) is 12.1. The minimum atomic E-state index is -0.479. The predicted octanol–water partition coefficient (Wildman–Crippen LogP) is 5.34. The van der Waals surface area contributed by atoms with E-state index in [4.69, 9.17) is 4.74 Å². The van der Waals surface area contributed by atoms with Crippen molar-refractivity contribution in [1.82, 2.24) is 9.55 Å². The Morgan fingerprint density at radius 3 is 2.19 bits per heavy atom. The van der Waals surface area contributed by atoms with Gasteiger partial charge in [-0.3, -0.25) is 4.79 Å². The molecule has 27 heavy (non-hydrogen) atoms. The van der Waals surface area contributed by atoms with Crippen LogP contribution in [0.5, 0.6) is 0 Å². The fraction of sp³-hybridized carbons (Fsp3) is 0.800. The van der Waals surface area contributed by atoms with Crippen LogP contribution in [0.15, 0.2) is 6.20 Å². The number of esters is 1. The number of carbonyl (C=O) groups is 1. The smallest absolute Gasteiger partial charge is 0.342 e. The molecular formula is C20H35N3O4. The summed E-state index contributed by atoms with van der Waals surface area (Å²) in [5, 5.41) is 10.9. The van der Waals surface area contributed by atoms with E-state index in [0.29, 0.717) is 12.2 Å². The summed E-state index contributed by atoms with van der Waals surface area (Å²) < 4.78 is 6.64. The minimum absolute atomic E-state index is 0.0751. The number of ether oxygens (including phenoxy) is 1. The summed E-state index contributed by atoms with van der Waals surface area (Å²) in [5.41, 5.74) is 0. The third-order valence-corrected chi connectivity index (χ3v) is 4.78. The number of aryl methyl sites for hydroxylation is 1. The van der Waals surface area contributed by atoms with Gasteiger partial charge in [0.2, 0.25) is 0 Å². The molecule has 0 aliphatic rings. The van der Waals surface area contributed by atoms with Crippen LogP contribution < -0.4 is 0 Å². The van der Waals surface area contributed by atoms with E-state index in [1.54, 1.807) is 6.92 Å². The highest BCUT2D eigenvalue weighted by Gasteiger charge is 2.17. The number of aromatic nitrogens is 2. The van der Waals surface area contributed by atoms with Crippen molar-refractivity contribution in [2.75, 3.05) is 6.61 Å². The average molecular weight is 382 g/mol. The topological polar surface area (TPSA) is 87.3 Å². The molecule has 0 saturated carbocycles. The first-order chi connectivity index (χ1) is 13.1. The van der Waals surface area contributed by atoms with Gasteiger partial charge < -0.3 is 14.9 Å². The number of carbonyl (C=O) groups excluding carboxylic acids is 1. The van der Waals surface area contributed by atoms with Crippen LogP contribution in [-0.2, 0) is 16.1 Å². The van der Waals surface area contributed by atoms with Crippen LogP contribution in [0.3, 0.4) is 0 Å². The molecule has 1 heterocycles. The van der Waals surface area contributed by atoms with Gasteiger partial charge in [-0.05, 0) is 11.3 Å². The number of rotatable bonds is 16. The summed E-state index contributed by atoms with van der Waals surface area (Å²) >= 11 is 0. The maximum absolute atomic E-state index is 11.8. The van der Waals surface area contributed by atoms with Crippen molar-refractivity contribution in [2.24, 2.45) is 0 Å². The van der Waals surface area contributed by atoms with E-state index < -0.39 is 4.92 Å². The van der Waals surface area contributed by atoms with Gasteiger partial charge >= 0.3 is 11.8 Å². The molecule has 1 rings (SSSR count). The van der Waals surface area contributed by atoms with Gasteiger partial charge in [0.05, 0.1) is 0 Å². The molecule has 0 atom stereocenters. The molecule has 0 bridgehead atoms. The normalized spacial score (nSPS) is 10.9. The lowest BCUT2D eigenvalue weighted by Gasteiger charge is -2.06. The second kappa shape index (κ2) is 14.2. The second-order valence-electron chi connectivity index (χ2n) is 7.08. The largest absolute Gasteiger partial charge is 0.461 e. The summed E-state index contributed by atoms with van der Waals surface area (Å²) in [5.74, 6) is 0.239. The molecule has 0 saturated heterocycles. The summed E-state index contributed by atoms with van der Waals surface area (Å²) in [6, 6.07) is 0. The fourth-order valence-corrected chi connectivity index (χ4v) is 3.13. The molecule has 0 N–H and O–H groups in total. The average Bonchev–Trinajstić information content (AvgIpc) is 3.01. The number of hydrogen-bond acceptors (Lipinski definition) is 5. The van der Waals surface area contributed by atoms with Crippen LogP contribution in [0.1, 0.15) is 89.8 Å². The number of nitrogens with zero attached hydrogens (tertiary/aromatic N) is 3. The molecule has 0 spiro atoms. The third-order valence-electron chi connectivity index (χ3n) is 4.78. The zero-order valence-corrected chi connectivity index (χ0v) is 17.0. The van der Waals surface area contributed by atoms with Gasteiger partial charge in [0.25, 0.3) is 0 Å². The van der Waals surface area contributed by atoms with Gasteiger partial charge in [-0.2, -0.15) is 0 Å². The Morgan fingerprint density at radius 1 is 1.07 bits per heavy atom. The van der Waals surface area contributed by atoms with Gasteiger partial charge in [-0.15, -0.1) is 0 Å². The van der Waals surface area contributed by atoms with Crippen molar-refractivity contribution in [3.63, 3.8) is 0 Å². The molecule has 7 nitrogen and oxygen atoms in total. The molecule has 0 aliphatic heterocycles. The molecule has 0 fully saturated rings. The van der Waals surface area contributed by atoms with Crippen molar-refractivity contribution in [3.05, 3.63) is 22.1 Å². The molecule has 0 unspecified atom stereocenters. The summed E-state index contributed by atoms with van der Waals surface area (Å²) in [6.45, 7) is 4.32. The third kappa shape index (κ3) is 10.1. The van der Waals surface area contributed by atoms with Crippen LogP contribution >= 0.6 is 0 Å². The first-order valence-electron chi connectivity index (χ1n) is 10.4. The van der Waals surface area contributed by atoms with Crippen LogP contribution in [0.2, 0.25) is 0 Å². The molecule has 154 valence electrons. The van der Waals surface area contributed by atoms with E-state index in [0.717, 1.165) is 12.8 Å². The molecule has 1 aromatic heterocycles. The standard InChI is InChI=1S/C20H35N3O4/c1-3-4-5-6-7-8-9-10-11-12-13-14-20(24)27-16-15-22-18(2)21-17-19(22)23(25)26/h17H,3-16H2,1-2H3. The Balaban J connectivity index is 1.99. The van der Waals surface area contributed by atoms with Crippen molar-refractivity contribution < 1.29 is 14.5 Å². The number of hydrogen-bond donors (Lipinski definition) is 0. The lowest BCUT2D eigenvalue weighted by atomic mass is 10.1. The van der Waals surface area contributed by atoms with Gasteiger partial charge in [0.15, 0.2) is 5.82 Å². The van der Waals surface area contributed by atoms with E-state index in [2.05, 4.69) is 11.9 Å². The Labute approximate surface area is 162 Å². The van der Waals surface area contributed by atoms with Crippen LogP contribution in [-0.4, -0.2) is 27.1 Å². The highest BCUT2D eigenvalue weighted by Crippen LogP contribution is 2.14. The van der Waals surface area contributed by atoms with Gasteiger partial charge in [0, 0.05) is 13.3 Å². The summed E-state index contributed by atoms with van der Waals surface area (Å²) in [7, 11) is 0. The first-order valence-corrected chi connectivity index (χ1v) is 10.4. The predicted molar refractivity (Wildman–Crippen MR) is 106 cm³/mol. The van der Waals surface area contributed by atoms with E-state index in [-0.39, 0.29) is 24.9 Å². The molecule has 0 aromatic carbocycles. The SMILES string of the molecule is CCCCCCCCCCCCCC(=O)OCCn1c([N+](=O)[O-])cnc1C. The maximum atomic E-state index is 11.8. The number of imidazole rings is 1. The van der Waals surface area contributed by atoms with E-state index >= 15 is 0 Å². The van der Waals surface area contributed by atoms with E-state index in [9.17, 15) is 14.9 Å². The number of nitro groups is 1. The van der Waals surface area contributed by atoms with Crippen LogP contribution in [0, 0.1) is 17.0 Å². The molecule has 0 aliphatic carbocycles. The monoisotopic (exact) mass is 381 g/mol. The summed E-state index contributed by atoms with van der Waals surface area (Å²) in [6.07, 6.45) is 15.3. The van der Waals surface area contributed by atoms with Crippen molar-refractivity contribution in [1.29, 1.82) is 0 Å². The van der Waals surface area contributed by atoms with Crippen molar-refractivity contribution in [2.45, 2.75) is 97.4 Å². The molecule has 7 heteroatoms. The van der Waals surface area contributed by atoms with Gasteiger partial charge in [-0.1, -0.05) is 71.1 Å². The Morgan fingerprint density at radius 2 is 1.63 bits per heavy atom. The van der Waals surface area contributed by atoms with Gasteiger partial charge in [0.1, 0.15) is 19.3 Å². The quantitative estimate of drug-likeness (QED) is 0.167. The Hall–Kier alpha value is -1.92. The second-order valence-corrected chi connectivity index (χ2v) is 7.08. The molecule has 0 amide bonds. The number of unbranched alkanes of at least 4 members (excludes halogenated alkanes) is 10. The van der Waals surface area contributed by atoms with Crippen molar-refractivity contribution in [3.8, 4) is 0 Å². The van der Waals surface area contributed by atoms with Crippen LogP contribution in [0.4, 0.5) is 5.82 Å². The first kappa shape index (κ1) is 23.1. The molecule has 0 radical (unpaired) electrons. The van der Waals surface area contributed by atoms with Gasteiger partial charge in [-0.25, -0.2) is 9.55 Å². The molecular weight excluding hydrogens is 346 g/mol. The van der Waals surface area contributed by atoms with Crippen molar-refractivity contribution >= 4 is 11.8 Å². The zero-order valence-electron chi connectivity index (χ0n) is 17.0. The van der Waals surface area contributed by atoms with Crippen LogP contribution in [0.25, 0.3) is 0 Å². The zero-order chi connectivity index (χ0) is 19.9. The van der Waals surface area contributed by atoms with E-state index in [1.165, 1.54) is 68.6 Å². The highest BCUT2D eigenvalue weighted by atomic mass is 16.6. The highest BCUT2D eigenvalue weighted by molar-refractivity contribution is 5.69. The maximum Gasteiger partial charge on any atom is 0.342 e. The lowest BCUT2D eigenvalue weighted by molar-refractivity contribution is -0.392. The Bertz CT molecular complexity index is 557. The fourth-order valence-electron chi connectivity index (χ4n) is 3.13. The summed E-state index contributed by atoms with van der Waals surface area (Å²) in [4.78, 5) is 26.1. The molecule has 1 aromatic rings.